The second kappa shape index (κ2) is 9.86. The Morgan fingerprint density at radius 2 is 2.15 bits per heavy atom. The van der Waals surface area contributed by atoms with Crippen LogP contribution >= 0.6 is 11.3 Å². The van der Waals surface area contributed by atoms with Gasteiger partial charge in [-0.3, -0.25) is 4.79 Å². The molecular formula is C19H25N4O2S+. The molecule has 0 aliphatic heterocycles. The lowest BCUT2D eigenvalue weighted by Crippen LogP contribution is -2.76. The summed E-state index contributed by atoms with van der Waals surface area (Å²) in [6, 6.07) is 9.78. The van der Waals surface area contributed by atoms with Crippen molar-refractivity contribution in [1.29, 1.82) is 5.41 Å². The van der Waals surface area contributed by atoms with Crippen LogP contribution in [0.1, 0.15) is 20.8 Å². The molecule has 26 heavy (non-hydrogen) atoms. The number of carbonyl (C=O) groups is 1. The summed E-state index contributed by atoms with van der Waals surface area (Å²) in [5.74, 6) is 0.323. The molecule has 1 unspecified atom stereocenters. The molecule has 0 radical (unpaired) electrons. The van der Waals surface area contributed by atoms with E-state index in [9.17, 15) is 4.79 Å². The monoisotopic (exact) mass is 373 g/mol. The van der Waals surface area contributed by atoms with Crippen LogP contribution in [0, 0.1) is 5.41 Å². The van der Waals surface area contributed by atoms with E-state index in [2.05, 4.69) is 5.32 Å². The largest absolute Gasteiger partial charge is 0.494 e. The Morgan fingerprint density at radius 1 is 1.42 bits per heavy atom. The Labute approximate surface area is 157 Å². The number of nitrogens with one attached hydrogen (secondary N) is 2. The minimum Gasteiger partial charge on any atom is -0.494 e. The molecule has 0 saturated heterocycles. The van der Waals surface area contributed by atoms with Crippen molar-refractivity contribution in [1.82, 2.24) is 5.32 Å². The summed E-state index contributed by atoms with van der Waals surface area (Å²) < 4.78 is 5.48. The second-order valence-corrected chi connectivity index (χ2v) is 6.56. The topological polar surface area (TPSA) is 105 Å². The molecule has 6 N–H and O–H groups in total. The van der Waals surface area contributed by atoms with Gasteiger partial charge in [-0.1, -0.05) is 30.3 Å². The van der Waals surface area contributed by atoms with Crippen LogP contribution < -0.4 is 21.1 Å². The lowest BCUT2D eigenvalue weighted by atomic mass is 10.1. The van der Waals surface area contributed by atoms with Gasteiger partial charge in [-0.25, -0.2) is 0 Å². The van der Waals surface area contributed by atoms with Crippen LogP contribution in [0.4, 0.5) is 0 Å². The quantitative estimate of drug-likeness (QED) is 0.497. The maximum atomic E-state index is 12.8. The molecular weight excluding hydrogens is 348 g/mol. The Balaban J connectivity index is 2.19. The third kappa shape index (κ3) is 4.78. The van der Waals surface area contributed by atoms with E-state index in [0.29, 0.717) is 23.6 Å². The number of hydrogen-bond acceptors (Lipinski definition) is 5. The first-order chi connectivity index (χ1) is 12.6. The van der Waals surface area contributed by atoms with E-state index in [1.165, 1.54) is 17.6 Å². The highest BCUT2D eigenvalue weighted by atomic mass is 32.1. The summed E-state index contributed by atoms with van der Waals surface area (Å²) in [6.07, 6.45) is 3.56. The number of rotatable bonds is 9. The van der Waals surface area contributed by atoms with E-state index in [1.54, 1.807) is 13.2 Å². The van der Waals surface area contributed by atoms with Crippen molar-refractivity contribution >= 4 is 29.2 Å². The summed E-state index contributed by atoms with van der Waals surface area (Å²) in [7, 11) is 3.43. The first-order valence-corrected chi connectivity index (χ1v) is 9.23. The number of ether oxygens (including phenoxy) is 1. The summed E-state index contributed by atoms with van der Waals surface area (Å²) in [4.78, 5) is 13.3. The zero-order valence-electron chi connectivity index (χ0n) is 15.0. The number of thiophene rings is 1. The van der Waals surface area contributed by atoms with Crippen molar-refractivity contribution in [3.05, 3.63) is 57.8 Å². The Kier molecular flexibility index (Phi) is 7.53. The minimum absolute atomic E-state index is 0.158. The Bertz CT molecular complexity index is 771. The molecule has 0 spiro atoms. The van der Waals surface area contributed by atoms with Crippen LogP contribution in [0.5, 0.6) is 5.75 Å². The van der Waals surface area contributed by atoms with E-state index < -0.39 is 0 Å². The fourth-order valence-electron chi connectivity index (χ4n) is 2.68. The van der Waals surface area contributed by atoms with Crippen LogP contribution in [-0.2, 0) is 6.42 Å². The average Bonchev–Trinajstić information content (AvgIpc) is 3.10. The Morgan fingerprint density at radius 3 is 2.73 bits per heavy atom. The van der Waals surface area contributed by atoms with Crippen molar-refractivity contribution in [2.24, 2.45) is 5.73 Å². The molecule has 138 valence electrons. The van der Waals surface area contributed by atoms with Crippen molar-refractivity contribution in [2.75, 3.05) is 20.7 Å². The molecule has 0 aliphatic carbocycles. The fourth-order valence-corrected chi connectivity index (χ4v) is 3.62. The zero-order valence-corrected chi connectivity index (χ0v) is 15.8. The average molecular weight is 374 g/mol. The number of benzene rings is 1. The molecule has 0 fully saturated rings. The fraction of sp³-hybridized carbons (Fsp3) is 0.263. The predicted octanol–water partition coefficient (Wildman–Crippen LogP) is 1.24. The van der Waals surface area contributed by atoms with Gasteiger partial charge < -0.3 is 26.5 Å². The molecule has 7 heteroatoms. The first-order valence-electron chi connectivity index (χ1n) is 8.35. The van der Waals surface area contributed by atoms with Crippen molar-refractivity contribution in [2.45, 2.75) is 12.5 Å². The second-order valence-electron chi connectivity index (χ2n) is 5.68. The molecule has 1 aromatic carbocycles. The van der Waals surface area contributed by atoms with Crippen LogP contribution in [-0.4, -0.2) is 38.9 Å². The van der Waals surface area contributed by atoms with Crippen molar-refractivity contribution in [3.8, 4) is 5.75 Å². The third-order valence-electron chi connectivity index (χ3n) is 3.99. The van der Waals surface area contributed by atoms with Crippen molar-refractivity contribution < 1.29 is 14.8 Å². The maximum absolute atomic E-state index is 12.8. The predicted molar refractivity (Wildman–Crippen MR) is 106 cm³/mol. The minimum atomic E-state index is -0.199. The summed E-state index contributed by atoms with van der Waals surface area (Å²) in [6.45, 7) is 0.350. The Hall–Kier alpha value is -2.48. The summed E-state index contributed by atoms with van der Waals surface area (Å²) in [5.41, 5.74) is 8.62. The molecule has 1 heterocycles. The molecule has 1 atom stereocenters. The van der Waals surface area contributed by atoms with E-state index in [0.717, 1.165) is 16.8 Å². The lowest BCUT2D eigenvalue weighted by Gasteiger charge is -2.17. The molecule has 0 aliphatic rings. The highest BCUT2D eigenvalue weighted by Crippen LogP contribution is 2.33. The van der Waals surface area contributed by atoms with E-state index in [4.69, 9.17) is 15.9 Å². The normalized spacial score (nSPS) is 12.5. The van der Waals surface area contributed by atoms with Gasteiger partial charge in [0.2, 0.25) is 0 Å². The molecule has 2 rings (SSSR count). The van der Waals surface area contributed by atoms with Gasteiger partial charge in [0.1, 0.15) is 10.6 Å². The summed E-state index contributed by atoms with van der Waals surface area (Å²) in [5, 5.41) is 14.0. The smallest absolute Gasteiger partial charge is 0.265 e. The number of quaternary nitrogens is 1. The van der Waals surface area contributed by atoms with Gasteiger partial charge in [0.25, 0.3) is 5.91 Å². The number of amides is 1. The highest BCUT2D eigenvalue weighted by molar-refractivity contribution is 7.12. The van der Waals surface area contributed by atoms with Crippen LogP contribution in [0.2, 0.25) is 0 Å². The molecule has 2 aromatic rings. The molecule has 1 amide bonds. The van der Waals surface area contributed by atoms with Crippen LogP contribution in [0.25, 0.3) is 5.70 Å². The van der Waals surface area contributed by atoms with Gasteiger partial charge in [-0.05, 0) is 12.0 Å². The maximum Gasteiger partial charge on any atom is 0.265 e. The number of methoxy groups -OCH3 is 1. The van der Waals surface area contributed by atoms with Gasteiger partial charge >= 0.3 is 0 Å². The zero-order chi connectivity index (χ0) is 18.9. The van der Waals surface area contributed by atoms with E-state index in [1.807, 2.05) is 48.1 Å². The van der Waals surface area contributed by atoms with Gasteiger partial charge in [0, 0.05) is 30.3 Å². The number of hydrogen-bond donors (Lipinski definition) is 4. The van der Waals surface area contributed by atoms with Crippen LogP contribution in [0.3, 0.4) is 0 Å². The molecule has 0 saturated carbocycles. The lowest BCUT2D eigenvalue weighted by molar-refractivity contribution is -0.530. The third-order valence-corrected chi connectivity index (χ3v) is 4.95. The highest BCUT2D eigenvalue weighted by Gasteiger charge is 2.24. The summed E-state index contributed by atoms with van der Waals surface area (Å²) >= 11 is 1.32. The van der Waals surface area contributed by atoms with E-state index >= 15 is 0 Å². The van der Waals surface area contributed by atoms with Gasteiger partial charge in [-0.15, -0.1) is 11.3 Å². The van der Waals surface area contributed by atoms with Gasteiger partial charge in [0.15, 0.2) is 5.75 Å². The molecule has 0 bridgehead atoms. The van der Waals surface area contributed by atoms with Gasteiger partial charge in [-0.2, -0.15) is 0 Å². The first kappa shape index (κ1) is 19.8. The molecule has 1 aromatic heterocycles. The van der Waals surface area contributed by atoms with Crippen molar-refractivity contribution in [3.63, 3.8) is 0 Å². The van der Waals surface area contributed by atoms with Crippen LogP contribution in [0.15, 0.2) is 41.8 Å². The number of allylic oxidation sites excluding steroid dienone is 1. The number of carbonyl (C=O) groups excluding carboxylic acids is 1. The van der Waals surface area contributed by atoms with Gasteiger partial charge in [0.05, 0.1) is 19.7 Å². The SMILES string of the molecule is C[NH2+]/C(=C\C=N)c1csc(C(=O)NC(CN)Cc2ccccc2)c1OC. The standard InChI is InChI=1S/C19H24N4O2S/c1-22-16(8-9-20)15-12-26-18(17(15)25-2)19(24)23-14(11-21)10-13-6-4-3-5-7-13/h3-9,12,14,20,22H,10-11,21H2,1-2H3,(H,23,24)/p+1/b16-8-,20-9?. The molecule has 6 nitrogen and oxygen atoms in total. The van der Waals surface area contributed by atoms with E-state index in [-0.39, 0.29) is 11.9 Å². The number of nitrogens with two attached hydrogens (primary N) is 2.